The zero-order valence-corrected chi connectivity index (χ0v) is 16.0. The first kappa shape index (κ1) is 17.4. The zero-order valence-electron chi connectivity index (χ0n) is 16.0. The average Bonchev–Trinajstić information content (AvgIpc) is 3.11. The fourth-order valence-corrected chi connectivity index (χ4v) is 5.17. The second-order valence-electron chi connectivity index (χ2n) is 8.44. The first-order valence-electron chi connectivity index (χ1n) is 10.5. The van der Waals surface area contributed by atoms with Crippen LogP contribution in [0.1, 0.15) is 31.2 Å². The number of ether oxygens (including phenoxy) is 1. The number of fused-ring (bicyclic) bond motifs is 4. The van der Waals surface area contributed by atoms with Gasteiger partial charge in [-0.2, -0.15) is 5.10 Å². The summed E-state index contributed by atoms with van der Waals surface area (Å²) in [5, 5.41) is 4.32. The van der Waals surface area contributed by atoms with Crippen molar-refractivity contribution in [2.24, 2.45) is 5.92 Å². The van der Waals surface area contributed by atoms with Gasteiger partial charge in [-0.1, -0.05) is 12.1 Å². The lowest BCUT2D eigenvalue weighted by molar-refractivity contribution is 0.0307. The molecule has 5 heteroatoms. The molecule has 4 aliphatic rings. The number of rotatable bonds is 4. The quantitative estimate of drug-likeness (QED) is 0.833. The van der Waals surface area contributed by atoms with Gasteiger partial charge in [0.2, 0.25) is 0 Å². The van der Waals surface area contributed by atoms with Crippen LogP contribution in [0, 0.1) is 5.92 Å². The maximum Gasteiger partial charge on any atom is 0.0645 e. The molecule has 4 saturated heterocycles. The van der Waals surface area contributed by atoms with Gasteiger partial charge in [-0.05, 0) is 55.4 Å². The Morgan fingerprint density at radius 2 is 1.78 bits per heavy atom. The molecule has 0 saturated carbocycles. The Morgan fingerprint density at radius 3 is 2.56 bits per heavy atom. The molecule has 5 heterocycles. The standard InChI is InChI=1S/C22H30N4O/c1-10-23-26(11-1)21-5-2-18(3-6-21)14-24-15-19-4-7-22(24)17-25(16-19)20-8-12-27-13-9-20/h1-3,5-6,10-11,19-20,22H,4,7-9,12-17H2/t19-,22-/m1/s1. The highest BCUT2D eigenvalue weighted by Gasteiger charge is 2.37. The van der Waals surface area contributed by atoms with Crippen LogP contribution in [-0.4, -0.2) is 64.5 Å². The summed E-state index contributed by atoms with van der Waals surface area (Å²) in [6, 6.07) is 12.3. The van der Waals surface area contributed by atoms with Gasteiger partial charge in [-0.25, -0.2) is 4.68 Å². The van der Waals surface area contributed by atoms with Gasteiger partial charge in [-0.15, -0.1) is 0 Å². The second-order valence-corrected chi connectivity index (χ2v) is 8.44. The topological polar surface area (TPSA) is 33.5 Å². The van der Waals surface area contributed by atoms with Crippen molar-refractivity contribution in [2.45, 2.75) is 44.3 Å². The van der Waals surface area contributed by atoms with Crippen LogP contribution < -0.4 is 0 Å². The molecule has 2 bridgehead atoms. The lowest BCUT2D eigenvalue weighted by Gasteiger charge is -2.37. The maximum absolute atomic E-state index is 5.58. The minimum Gasteiger partial charge on any atom is -0.381 e. The minimum atomic E-state index is 0.706. The third-order valence-electron chi connectivity index (χ3n) is 6.65. The van der Waals surface area contributed by atoms with E-state index in [9.17, 15) is 0 Å². The molecule has 4 fully saturated rings. The zero-order chi connectivity index (χ0) is 18.1. The summed E-state index contributed by atoms with van der Waals surface area (Å²) in [4.78, 5) is 5.54. The minimum absolute atomic E-state index is 0.706. The number of nitrogens with zero attached hydrogens (tertiary/aromatic N) is 4. The van der Waals surface area contributed by atoms with E-state index in [2.05, 4.69) is 39.2 Å². The molecule has 0 amide bonds. The predicted molar refractivity (Wildman–Crippen MR) is 106 cm³/mol. The highest BCUT2D eigenvalue weighted by atomic mass is 16.5. The smallest absolute Gasteiger partial charge is 0.0645 e. The van der Waals surface area contributed by atoms with Gasteiger partial charge in [-0.3, -0.25) is 9.80 Å². The van der Waals surface area contributed by atoms with Gasteiger partial charge in [0.25, 0.3) is 0 Å². The molecular formula is C22H30N4O. The van der Waals surface area contributed by atoms with E-state index in [-0.39, 0.29) is 0 Å². The molecule has 5 nitrogen and oxygen atoms in total. The van der Waals surface area contributed by atoms with Crippen LogP contribution in [0.5, 0.6) is 0 Å². The van der Waals surface area contributed by atoms with Gasteiger partial charge in [0, 0.05) is 63.9 Å². The Hall–Kier alpha value is -1.69. The van der Waals surface area contributed by atoms with Crippen LogP contribution >= 0.6 is 0 Å². The molecule has 144 valence electrons. The Morgan fingerprint density at radius 1 is 0.926 bits per heavy atom. The summed E-state index contributed by atoms with van der Waals surface area (Å²) in [5.41, 5.74) is 2.54. The third kappa shape index (κ3) is 3.82. The van der Waals surface area contributed by atoms with Crippen LogP contribution in [0.25, 0.3) is 5.69 Å². The average molecular weight is 367 g/mol. The van der Waals surface area contributed by atoms with E-state index in [0.29, 0.717) is 6.04 Å². The molecule has 0 N–H and O–H groups in total. The summed E-state index contributed by atoms with van der Waals surface area (Å²) in [7, 11) is 0. The molecular weight excluding hydrogens is 336 g/mol. The lowest BCUT2D eigenvalue weighted by atomic mass is 9.94. The molecule has 6 rings (SSSR count). The van der Waals surface area contributed by atoms with E-state index < -0.39 is 0 Å². The molecule has 4 aliphatic heterocycles. The van der Waals surface area contributed by atoms with E-state index in [1.54, 1.807) is 0 Å². The summed E-state index contributed by atoms with van der Waals surface area (Å²) in [6.07, 6.45) is 9.01. The third-order valence-corrected chi connectivity index (χ3v) is 6.65. The van der Waals surface area contributed by atoms with E-state index >= 15 is 0 Å². The van der Waals surface area contributed by atoms with Crippen LogP contribution in [0.2, 0.25) is 0 Å². The molecule has 0 aliphatic carbocycles. The number of aromatic nitrogens is 2. The largest absolute Gasteiger partial charge is 0.381 e. The number of benzene rings is 1. The predicted octanol–water partition coefficient (Wildman–Crippen LogP) is 2.95. The van der Waals surface area contributed by atoms with Crippen molar-refractivity contribution in [3.8, 4) is 5.69 Å². The van der Waals surface area contributed by atoms with Crippen LogP contribution in [0.3, 0.4) is 0 Å². The Kier molecular flexibility index (Phi) is 4.99. The number of piperidine rings is 1. The second kappa shape index (κ2) is 7.74. The summed E-state index contributed by atoms with van der Waals surface area (Å²) < 4.78 is 7.50. The lowest BCUT2D eigenvalue weighted by Crippen LogP contribution is -2.45. The van der Waals surface area contributed by atoms with E-state index in [1.807, 2.05) is 23.1 Å². The first-order chi connectivity index (χ1) is 13.3. The van der Waals surface area contributed by atoms with Crippen molar-refractivity contribution in [2.75, 3.05) is 32.8 Å². The molecule has 2 atom stereocenters. The fourth-order valence-electron chi connectivity index (χ4n) is 5.17. The van der Waals surface area contributed by atoms with Gasteiger partial charge in [0.05, 0.1) is 5.69 Å². The fraction of sp³-hybridized carbons (Fsp3) is 0.591. The summed E-state index contributed by atoms with van der Waals surface area (Å²) in [5.74, 6) is 0.829. The van der Waals surface area contributed by atoms with Crippen molar-refractivity contribution < 1.29 is 4.74 Å². The van der Waals surface area contributed by atoms with Crippen molar-refractivity contribution in [3.63, 3.8) is 0 Å². The molecule has 0 spiro atoms. The maximum atomic E-state index is 5.58. The van der Waals surface area contributed by atoms with Gasteiger partial charge in [0.1, 0.15) is 0 Å². The van der Waals surface area contributed by atoms with Gasteiger partial charge in [0.15, 0.2) is 0 Å². The molecule has 0 radical (unpaired) electrons. The van der Waals surface area contributed by atoms with Crippen molar-refractivity contribution >= 4 is 0 Å². The molecule has 2 aromatic rings. The van der Waals surface area contributed by atoms with Crippen LogP contribution in [-0.2, 0) is 11.3 Å². The van der Waals surface area contributed by atoms with Crippen molar-refractivity contribution in [1.29, 1.82) is 0 Å². The highest BCUT2D eigenvalue weighted by Crippen LogP contribution is 2.31. The SMILES string of the molecule is c1cnn(-c2ccc(CN3C[C@H]4CC[C@@H]3CN(C3CCOCC3)C4)cc2)c1. The van der Waals surface area contributed by atoms with E-state index in [0.717, 1.165) is 37.4 Å². The number of hydrogen-bond donors (Lipinski definition) is 0. The molecule has 27 heavy (non-hydrogen) atoms. The number of hydrogen-bond acceptors (Lipinski definition) is 4. The van der Waals surface area contributed by atoms with Crippen LogP contribution in [0.4, 0.5) is 0 Å². The van der Waals surface area contributed by atoms with Gasteiger partial charge < -0.3 is 4.74 Å². The Bertz CT molecular complexity index is 723. The summed E-state index contributed by atoms with van der Waals surface area (Å²) >= 11 is 0. The Labute approximate surface area is 161 Å². The van der Waals surface area contributed by atoms with Crippen molar-refractivity contribution in [3.05, 3.63) is 48.3 Å². The highest BCUT2D eigenvalue weighted by molar-refractivity contribution is 5.33. The van der Waals surface area contributed by atoms with Crippen molar-refractivity contribution in [1.82, 2.24) is 19.6 Å². The molecule has 1 aromatic carbocycles. The van der Waals surface area contributed by atoms with E-state index in [1.165, 1.54) is 50.9 Å². The molecule has 0 unspecified atom stereocenters. The van der Waals surface area contributed by atoms with Gasteiger partial charge >= 0.3 is 0 Å². The molecule has 1 aromatic heterocycles. The van der Waals surface area contributed by atoms with Crippen LogP contribution in [0.15, 0.2) is 42.7 Å². The summed E-state index contributed by atoms with van der Waals surface area (Å²) in [6.45, 7) is 6.75. The monoisotopic (exact) mass is 366 g/mol. The van der Waals surface area contributed by atoms with E-state index in [4.69, 9.17) is 4.74 Å². The first-order valence-corrected chi connectivity index (χ1v) is 10.5. The Balaban J connectivity index is 1.26. The normalized spacial score (nSPS) is 27.7.